The zero-order valence-electron chi connectivity index (χ0n) is 11.0. The largest absolute Gasteiger partial charge is 0.352 e. The van der Waals surface area contributed by atoms with Gasteiger partial charge in [-0.15, -0.1) is 0 Å². The van der Waals surface area contributed by atoms with Gasteiger partial charge in [-0.1, -0.05) is 0 Å². The van der Waals surface area contributed by atoms with Crippen LogP contribution in [0.1, 0.15) is 24.4 Å². The molecule has 18 heavy (non-hydrogen) atoms. The molecular weight excluding hydrogens is 226 g/mol. The van der Waals surface area contributed by atoms with E-state index in [1.807, 2.05) is 43.9 Å². The predicted molar refractivity (Wildman–Crippen MR) is 72.2 cm³/mol. The van der Waals surface area contributed by atoms with Crippen LogP contribution in [0.5, 0.6) is 0 Å². The van der Waals surface area contributed by atoms with E-state index in [1.54, 1.807) is 12.4 Å². The van der Waals surface area contributed by atoms with E-state index in [1.165, 1.54) is 0 Å². The maximum Gasteiger partial charge on any atom is 0.128 e. The van der Waals surface area contributed by atoms with E-state index < -0.39 is 0 Å². The van der Waals surface area contributed by atoms with Gasteiger partial charge >= 0.3 is 0 Å². The number of anilines is 1. The summed E-state index contributed by atoms with van der Waals surface area (Å²) >= 11 is 0. The Morgan fingerprint density at radius 1 is 1.39 bits per heavy atom. The van der Waals surface area contributed by atoms with E-state index in [-0.39, 0.29) is 6.04 Å². The summed E-state index contributed by atoms with van der Waals surface area (Å²) in [6, 6.07) is 3.99. The Hall–Kier alpha value is -1.88. The molecule has 0 amide bonds. The van der Waals surface area contributed by atoms with Gasteiger partial charge in [0.1, 0.15) is 11.6 Å². The van der Waals surface area contributed by atoms with Crippen LogP contribution in [-0.2, 0) is 13.6 Å². The molecule has 2 N–H and O–H groups in total. The molecule has 0 radical (unpaired) electrons. The molecule has 0 unspecified atom stereocenters. The first-order chi connectivity index (χ1) is 8.58. The van der Waals surface area contributed by atoms with E-state index in [0.717, 1.165) is 23.8 Å². The normalized spacial score (nSPS) is 12.4. The van der Waals surface area contributed by atoms with Gasteiger partial charge in [0.25, 0.3) is 0 Å². The molecule has 0 aliphatic rings. The van der Waals surface area contributed by atoms with Crippen LogP contribution in [0.25, 0.3) is 0 Å². The van der Waals surface area contributed by atoms with Crippen LogP contribution in [0.3, 0.4) is 0 Å². The summed E-state index contributed by atoms with van der Waals surface area (Å²) in [7, 11) is 3.99. The van der Waals surface area contributed by atoms with E-state index in [0.29, 0.717) is 0 Å². The van der Waals surface area contributed by atoms with Crippen LogP contribution in [0.15, 0.2) is 30.7 Å². The van der Waals surface area contributed by atoms with Crippen molar-refractivity contribution in [3.8, 4) is 0 Å². The quantitative estimate of drug-likeness (QED) is 0.886. The minimum absolute atomic E-state index is 0.0216. The average Bonchev–Trinajstić information content (AvgIpc) is 2.75. The zero-order valence-corrected chi connectivity index (χ0v) is 11.0. The Kier molecular flexibility index (Phi) is 3.62. The van der Waals surface area contributed by atoms with Crippen molar-refractivity contribution in [2.75, 3.05) is 11.9 Å². The van der Waals surface area contributed by atoms with Crippen molar-refractivity contribution in [3.05, 3.63) is 42.1 Å². The third-order valence-electron chi connectivity index (χ3n) is 2.99. The van der Waals surface area contributed by atoms with Gasteiger partial charge < -0.3 is 15.2 Å². The maximum absolute atomic E-state index is 5.88. The lowest BCUT2D eigenvalue weighted by Gasteiger charge is -2.19. The van der Waals surface area contributed by atoms with Gasteiger partial charge in [-0.2, -0.15) is 0 Å². The van der Waals surface area contributed by atoms with Crippen molar-refractivity contribution >= 4 is 5.82 Å². The number of nitrogens with zero attached hydrogens (tertiary/aromatic N) is 4. The zero-order chi connectivity index (χ0) is 13.1. The smallest absolute Gasteiger partial charge is 0.128 e. The lowest BCUT2D eigenvalue weighted by molar-refractivity contribution is 0.752. The van der Waals surface area contributed by atoms with E-state index in [4.69, 9.17) is 5.73 Å². The molecule has 0 aliphatic heterocycles. The monoisotopic (exact) mass is 245 g/mol. The number of nitrogens with two attached hydrogens (primary N) is 1. The number of pyridine rings is 1. The minimum Gasteiger partial charge on any atom is -0.352 e. The third kappa shape index (κ3) is 2.68. The number of hydrogen-bond acceptors (Lipinski definition) is 4. The second-order valence-corrected chi connectivity index (χ2v) is 4.55. The minimum atomic E-state index is 0.0216. The number of aromatic nitrogens is 3. The van der Waals surface area contributed by atoms with Crippen LogP contribution in [0.4, 0.5) is 5.82 Å². The summed E-state index contributed by atoms with van der Waals surface area (Å²) in [5.41, 5.74) is 6.97. The summed E-state index contributed by atoms with van der Waals surface area (Å²) in [5.74, 6) is 1.92. The molecule has 0 bridgehead atoms. The molecule has 2 rings (SSSR count). The molecule has 0 aromatic carbocycles. The second-order valence-electron chi connectivity index (χ2n) is 4.55. The van der Waals surface area contributed by atoms with Crippen LogP contribution in [-0.4, -0.2) is 21.6 Å². The Balaban J connectivity index is 2.16. The van der Waals surface area contributed by atoms with Crippen LogP contribution >= 0.6 is 0 Å². The molecule has 2 aromatic rings. The molecule has 0 spiro atoms. The average molecular weight is 245 g/mol. The first-order valence-corrected chi connectivity index (χ1v) is 5.97. The maximum atomic E-state index is 5.88. The van der Waals surface area contributed by atoms with Crippen molar-refractivity contribution in [3.63, 3.8) is 0 Å². The predicted octanol–water partition coefficient (Wildman–Crippen LogP) is 1.47. The number of rotatable bonds is 4. The second kappa shape index (κ2) is 5.18. The molecule has 0 saturated heterocycles. The molecule has 0 fully saturated rings. The fourth-order valence-corrected chi connectivity index (χ4v) is 1.77. The first-order valence-electron chi connectivity index (χ1n) is 5.97. The highest BCUT2D eigenvalue weighted by Crippen LogP contribution is 2.16. The van der Waals surface area contributed by atoms with Gasteiger partial charge in [-0.25, -0.2) is 9.97 Å². The van der Waals surface area contributed by atoms with Crippen LogP contribution < -0.4 is 10.6 Å². The van der Waals surface area contributed by atoms with Gasteiger partial charge in [-0.05, 0) is 24.6 Å². The summed E-state index contributed by atoms with van der Waals surface area (Å²) in [5, 5.41) is 0. The fraction of sp³-hybridized carbons (Fsp3) is 0.385. The molecule has 5 nitrogen and oxygen atoms in total. The number of hydrogen-bond donors (Lipinski definition) is 1. The van der Waals surface area contributed by atoms with Crippen LogP contribution in [0.2, 0.25) is 0 Å². The van der Waals surface area contributed by atoms with Crippen molar-refractivity contribution < 1.29 is 0 Å². The lowest BCUT2D eigenvalue weighted by Crippen LogP contribution is -2.20. The van der Waals surface area contributed by atoms with E-state index in [9.17, 15) is 0 Å². The van der Waals surface area contributed by atoms with Crippen molar-refractivity contribution in [2.24, 2.45) is 12.8 Å². The van der Waals surface area contributed by atoms with Gasteiger partial charge in [-0.3, -0.25) is 0 Å². The Labute approximate surface area is 107 Å². The highest BCUT2D eigenvalue weighted by molar-refractivity contribution is 5.41. The summed E-state index contributed by atoms with van der Waals surface area (Å²) in [6.45, 7) is 2.69. The topological polar surface area (TPSA) is 60.0 Å². The van der Waals surface area contributed by atoms with Gasteiger partial charge in [0, 0.05) is 38.7 Å². The number of aryl methyl sites for hydroxylation is 1. The summed E-state index contributed by atoms with van der Waals surface area (Å²) in [4.78, 5) is 10.7. The molecule has 5 heteroatoms. The molecule has 0 aliphatic carbocycles. The SMILES string of the molecule is C[C@@H](N)c1ccnc(N(C)Cc2nccn2C)c1. The van der Waals surface area contributed by atoms with E-state index >= 15 is 0 Å². The van der Waals surface area contributed by atoms with Crippen molar-refractivity contribution in [1.29, 1.82) is 0 Å². The molecule has 2 heterocycles. The molecule has 0 saturated carbocycles. The van der Waals surface area contributed by atoms with E-state index in [2.05, 4.69) is 14.9 Å². The molecular formula is C13H19N5. The Morgan fingerprint density at radius 3 is 2.78 bits per heavy atom. The standard InChI is InChI=1S/C13H19N5/c1-10(14)11-4-5-15-12(8-11)18(3)9-13-16-6-7-17(13)2/h4-8,10H,9,14H2,1-3H3/t10-/m1/s1. The summed E-state index contributed by atoms with van der Waals surface area (Å²) < 4.78 is 2.01. The molecule has 96 valence electrons. The van der Waals surface area contributed by atoms with Gasteiger partial charge in [0.15, 0.2) is 0 Å². The molecule has 2 aromatic heterocycles. The lowest BCUT2D eigenvalue weighted by atomic mass is 10.1. The highest BCUT2D eigenvalue weighted by Gasteiger charge is 2.08. The van der Waals surface area contributed by atoms with Gasteiger partial charge in [0.05, 0.1) is 6.54 Å². The van der Waals surface area contributed by atoms with Crippen LogP contribution in [0, 0.1) is 0 Å². The van der Waals surface area contributed by atoms with Gasteiger partial charge in [0.2, 0.25) is 0 Å². The first kappa shape index (κ1) is 12.6. The summed E-state index contributed by atoms with van der Waals surface area (Å²) in [6.07, 6.45) is 5.53. The van der Waals surface area contributed by atoms with Crippen molar-refractivity contribution in [1.82, 2.24) is 14.5 Å². The number of imidazole rings is 1. The van der Waals surface area contributed by atoms with Crippen molar-refractivity contribution in [2.45, 2.75) is 19.5 Å². The highest BCUT2D eigenvalue weighted by atomic mass is 15.2. The Bertz CT molecular complexity index is 518. The fourth-order valence-electron chi connectivity index (χ4n) is 1.77. The molecule has 1 atom stereocenters. The Morgan fingerprint density at radius 2 is 2.17 bits per heavy atom. The third-order valence-corrected chi connectivity index (χ3v) is 2.99.